The highest BCUT2D eigenvalue weighted by Gasteiger charge is 2.23. The van der Waals surface area contributed by atoms with Crippen LogP contribution in [0.2, 0.25) is 0 Å². The molecule has 0 saturated carbocycles. The molecule has 0 bridgehead atoms. The van der Waals surface area contributed by atoms with Crippen LogP contribution in [0.3, 0.4) is 0 Å². The van der Waals surface area contributed by atoms with Gasteiger partial charge in [-0.2, -0.15) is 0 Å². The topological polar surface area (TPSA) is 62.8 Å². The summed E-state index contributed by atoms with van der Waals surface area (Å²) in [5.74, 6) is 0.850. The molecule has 0 aliphatic heterocycles. The van der Waals surface area contributed by atoms with Gasteiger partial charge in [-0.05, 0) is 48.4 Å². The van der Waals surface area contributed by atoms with Gasteiger partial charge in [0.05, 0.1) is 41.8 Å². The minimum Gasteiger partial charge on any atom is -0.501 e. The van der Waals surface area contributed by atoms with E-state index in [1.807, 2.05) is 55.6 Å². The molecule has 0 spiro atoms. The molecule has 5 nitrogen and oxygen atoms in total. The molecular weight excluding hydrogens is 396 g/mol. The van der Waals surface area contributed by atoms with Crippen LogP contribution in [0, 0.1) is 0 Å². The number of H-pyrrole nitrogens is 1. The Kier molecular flexibility index (Phi) is 5.30. The molecule has 1 atom stereocenters. The van der Waals surface area contributed by atoms with Gasteiger partial charge in [0.25, 0.3) is 0 Å². The fourth-order valence-electron chi connectivity index (χ4n) is 4.06. The maximum atomic E-state index is 5.75. The van der Waals surface area contributed by atoms with Gasteiger partial charge in [-0.1, -0.05) is 48.5 Å². The average molecular weight is 421 g/mol. The van der Waals surface area contributed by atoms with E-state index in [1.165, 1.54) is 0 Å². The molecule has 2 aromatic heterocycles. The molecule has 2 heterocycles. The second kappa shape index (κ2) is 8.55. The van der Waals surface area contributed by atoms with Crippen LogP contribution in [0.1, 0.15) is 24.1 Å². The third-order valence-electron chi connectivity index (χ3n) is 5.74. The van der Waals surface area contributed by atoms with E-state index in [1.54, 1.807) is 13.4 Å². The highest BCUT2D eigenvalue weighted by atomic mass is 16.5. The number of aromatic nitrogens is 3. The number of rotatable bonds is 6. The van der Waals surface area contributed by atoms with E-state index in [-0.39, 0.29) is 6.04 Å². The zero-order valence-electron chi connectivity index (χ0n) is 18.0. The van der Waals surface area contributed by atoms with Crippen molar-refractivity contribution in [1.82, 2.24) is 15.0 Å². The standard InChI is InChI=1S/C27H24N4O/c1-18(32-2)26(19-8-4-3-5-9-19)27(21-14-20-10-6-7-11-23(20)28-16-21)31-22-12-13-24-25(15-22)30-17-29-24/h3-17,27,31H,1-2H3,(H,29,30)/b26-18+. The minimum absolute atomic E-state index is 0.175. The predicted octanol–water partition coefficient (Wildman–Crippen LogP) is 6.34. The third kappa shape index (κ3) is 3.81. The first-order valence-electron chi connectivity index (χ1n) is 10.6. The smallest absolute Gasteiger partial charge is 0.0986 e. The molecule has 0 amide bonds. The molecular formula is C27H24N4O. The van der Waals surface area contributed by atoms with Gasteiger partial charge in [-0.15, -0.1) is 0 Å². The number of fused-ring (bicyclic) bond motifs is 2. The Balaban J connectivity index is 1.67. The van der Waals surface area contributed by atoms with Gasteiger partial charge in [0.1, 0.15) is 0 Å². The predicted molar refractivity (Wildman–Crippen MR) is 130 cm³/mol. The molecule has 5 rings (SSSR count). The normalized spacial score (nSPS) is 13.1. The first-order chi connectivity index (χ1) is 15.7. The number of anilines is 1. The van der Waals surface area contributed by atoms with Crippen molar-refractivity contribution >= 4 is 33.2 Å². The van der Waals surface area contributed by atoms with Gasteiger partial charge in [0.15, 0.2) is 0 Å². The maximum Gasteiger partial charge on any atom is 0.0986 e. The van der Waals surface area contributed by atoms with Crippen LogP contribution in [-0.4, -0.2) is 22.1 Å². The highest BCUT2D eigenvalue weighted by Crippen LogP contribution is 2.37. The average Bonchev–Trinajstić information content (AvgIpc) is 3.32. The summed E-state index contributed by atoms with van der Waals surface area (Å²) in [6.45, 7) is 2.00. The number of hydrogen-bond donors (Lipinski definition) is 2. The number of para-hydroxylation sites is 1. The Labute approximate surface area is 186 Å². The van der Waals surface area contributed by atoms with E-state index in [2.05, 4.69) is 51.7 Å². The summed E-state index contributed by atoms with van der Waals surface area (Å²) in [5, 5.41) is 4.82. The van der Waals surface area contributed by atoms with Crippen molar-refractivity contribution in [1.29, 1.82) is 0 Å². The van der Waals surface area contributed by atoms with Crippen molar-refractivity contribution in [3.05, 3.63) is 108 Å². The summed E-state index contributed by atoms with van der Waals surface area (Å²) in [4.78, 5) is 12.3. The van der Waals surface area contributed by atoms with Gasteiger partial charge in [0.2, 0.25) is 0 Å². The molecule has 158 valence electrons. The molecule has 32 heavy (non-hydrogen) atoms. The van der Waals surface area contributed by atoms with Crippen LogP contribution >= 0.6 is 0 Å². The Morgan fingerprint density at radius 1 is 0.906 bits per heavy atom. The third-order valence-corrected chi connectivity index (χ3v) is 5.74. The Morgan fingerprint density at radius 2 is 1.72 bits per heavy atom. The molecule has 0 saturated heterocycles. The summed E-state index contributed by atoms with van der Waals surface area (Å²) in [7, 11) is 1.71. The number of imidazole rings is 1. The van der Waals surface area contributed by atoms with Crippen LogP contribution in [0.5, 0.6) is 0 Å². The van der Waals surface area contributed by atoms with E-state index >= 15 is 0 Å². The minimum atomic E-state index is -0.175. The Bertz CT molecular complexity index is 1410. The lowest BCUT2D eigenvalue weighted by Crippen LogP contribution is -2.15. The number of nitrogens with one attached hydrogen (secondary N) is 2. The zero-order chi connectivity index (χ0) is 21.9. The number of allylic oxidation sites excluding steroid dienone is 1. The molecule has 0 aliphatic carbocycles. The molecule has 0 aliphatic rings. The van der Waals surface area contributed by atoms with Gasteiger partial charge in [0, 0.05) is 22.8 Å². The quantitative estimate of drug-likeness (QED) is 0.315. The zero-order valence-corrected chi connectivity index (χ0v) is 18.0. The van der Waals surface area contributed by atoms with Crippen LogP contribution in [0.25, 0.3) is 27.5 Å². The van der Waals surface area contributed by atoms with Crippen LogP contribution in [0.4, 0.5) is 5.69 Å². The second-order valence-corrected chi connectivity index (χ2v) is 7.71. The van der Waals surface area contributed by atoms with E-state index in [4.69, 9.17) is 9.72 Å². The van der Waals surface area contributed by atoms with Crippen molar-refractivity contribution in [2.75, 3.05) is 12.4 Å². The summed E-state index contributed by atoms with van der Waals surface area (Å²) in [6, 6.07) is 26.7. The number of pyridine rings is 1. The highest BCUT2D eigenvalue weighted by molar-refractivity contribution is 5.83. The number of ether oxygens (including phenoxy) is 1. The molecule has 5 aromatic rings. The van der Waals surface area contributed by atoms with Gasteiger partial charge >= 0.3 is 0 Å². The summed E-state index contributed by atoms with van der Waals surface area (Å²) < 4.78 is 5.75. The fourth-order valence-corrected chi connectivity index (χ4v) is 4.06. The first kappa shape index (κ1) is 19.8. The van der Waals surface area contributed by atoms with Crippen molar-refractivity contribution in [3.63, 3.8) is 0 Å². The lowest BCUT2D eigenvalue weighted by molar-refractivity contribution is 0.294. The van der Waals surface area contributed by atoms with E-state index in [0.717, 1.165) is 50.1 Å². The van der Waals surface area contributed by atoms with Gasteiger partial charge in [-0.25, -0.2) is 4.98 Å². The first-order valence-corrected chi connectivity index (χ1v) is 10.6. The van der Waals surface area contributed by atoms with Crippen LogP contribution < -0.4 is 5.32 Å². The molecule has 5 heteroatoms. The monoisotopic (exact) mass is 420 g/mol. The van der Waals surface area contributed by atoms with Crippen molar-refractivity contribution in [3.8, 4) is 0 Å². The van der Waals surface area contributed by atoms with Crippen molar-refractivity contribution < 1.29 is 4.74 Å². The number of methoxy groups -OCH3 is 1. The number of hydrogen-bond acceptors (Lipinski definition) is 4. The largest absolute Gasteiger partial charge is 0.501 e. The van der Waals surface area contributed by atoms with Crippen LogP contribution in [-0.2, 0) is 4.74 Å². The summed E-state index contributed by atoms with van der Waals surface area (Å²) in [6.07, 6.45) is 3.66. The fraction of sp³-hybridized carbons (Fsp3) is 0.111. The lowest BCUT2D eigenvalue weighted by atomic mass is 9.91. The van der Waals surface area contributed by atoms with Crippen molar-refractivity contribution in [2.24, 2.45) is 0 Å². The van der Waals surface area contributed by atoms with E-state index in [0.29, 0.717) is 0 Å². The molecule has 0 radical (unpaired) electrons. The molecule has 1 unspecified atom stereocenters. The lowest BCUT2D eigenvalue weighted by Gasteiger charge is -2.25. The van der Waals surface area contributed by atoms with Gasteiger partial charge in [-0.3, -0.25) is 4.98 Å². The van der Waals surface area contributed by atoms with E-state index < -0.39 is 0 Å². The number of benzene rings is 3. The Hall–Kier alpha value is -4.12. The number of aromatic amines is 1. The van der Waals surface area contributed by atoms with E-state index in [9.17, 15) is 0 Å². The maximum absolute atomic E-state index is 5.75. The van der Waals surface area contributed by atoms with Crippen molar-refractivity contribution in [2.45, 2.75) is 13.0 Å². The van der Waals surface area contributed by atoms with Gasteiger partial charge < -0.3 is 15.0 Å². The molecule has 2 N–H and O–H groups in total. The summed E-state index contributed by atoms with van der Waals surface area (Å²) in [5.41, 5.74) is 7.08. The number of nitrogens with zero attached hydrogens (tertiary/aromatic N) is 2. The SMILES string of the molecule is CO/C(C)=C(\c1ccccc1)C(Nc1ccc2[nH]cnc2c1)c1cnc2ccccc2c1. The Morgan fingerprint density at radius 3 is 2.56 bits per heavy atom. The van der Waals surface area contributed by atoms with Crippen LogP contribution in [0.15, 0.2) is 97.1 Å². The second-order valence-electron chi connectivity index (χ2n) is 7.71. The molecule has 3 aromatic carbocycles. The molecule has 0 fully saturated rings. The summed E-state index contributed by atoms with van der Waals surface area (Å²) >= 11 is 0.